The van der Waals surface area contributed by atoms with Gasteiger partial charge in [-0.2, -0.15) is 0 Å². The van der Waals surface area contributed by atoms with Gasteiger partial charge in [0.25, 0.3) is 0 Å². The molecule has 0 atom stereocenters. The number of aryl methyl sites for hydroxylation is 1. The van der Waals surface area contributed by atoms with E-state index in [4.69, 9.17) is 4.42 Å². The lowest BCUT2D eigenvalue weighted by Crippen LogP contribution is -1.93. The molecule has 0 radical (unpaired) electrons. The number of rotatable bonds is 2. The summed E-state index contributed by atoms with van der Waals surface area (Å²) < 4.78 is 7.18. The molecule has 0 N–H and O–H groups in total. The second kappa shape index (κ2) is 3.55. The van der Waals surface area contributed by atoms with Crippen LogP contribution in [0.25, 0.3) is 16.8 Å². The van der Waals surface area contributed by atoms with Crippen LogP contribution < -0.4 is 0 Å². The van der Waals surface area contributed by atoms with Gasteiger partial charge in [0.15, 0.2) is 18.3 Å². The average molecular weight is 227 g/mol. The molecule has 0 saturated heterocycles. The SMILES string of the molecule is Cc1cn(-c2ccc(C=O)c3ncoc23)cn1. The molecule has 3 rings (SSSR count). The first-order chi connectivity index (χ1) is 8.29. The van der Waals surface area contributed by atoms with E-state index in [1.54, 1.807) is 12.4 Å². The molecule has 0 fully saturated rings. The molecule has 0 aliphatic heterocycles. The zero-order chi connectivity index (χ0) is 11.8. The van der Waals surface area contributed by atoms with Crippen LogP contribution in [0.5, 0.6) is 0 Å². The smallest absolute Gasteiger partial charge is 0.182 e. The molecule has 84 valence electrons. The third-order valence-electron chi connectivity index (χ3n) is 2.61. The molecule has 3 aromatic rings. The molecule has 5 nitrogen and oxygen atoms in total. The van der Waals surface area contributed by atoms with Gasteiger partial charge in [-0.1, -0.05) is 0 Å². The Balaban J connectivity index is 2.31. The molecule has 0 spiro atoms. The Kier molecular flexibility index (Phi) is 2.04. The van der Waals surface area contributed by atoms with Crippen molar-refractivity contribution in [3.05, 3.63) is 42.3 Å². The molecular formula is C12H9N3O2. The zero-order valence-electron chi connectivity index (χ0n) is 9.12. The van der Waals surface area contributed by atoms with E-state index in [-0.39, 0.29) is 0 Å². The first-order valence-corrected chi connectivity index (χ1v) is 5.12. The second-order valence-corrected chi connectivity index (χ2v) is 3.74. The number of carbonyl (C=O) groups is 1. The molecule has 17 heavy (non-hydrogen) atoms. The van der Waals surface area contributed by atoms with Crippen LogP contribution >= 0.6 is 0 Å². The molecule has 5 heteroatoms. The summed E-state index contributed by atoms with van der Waals surface area (Å²) in [5.41, 5.74) is 3.42. The van der Waals surface area contributed by atoms with E-state index in [0.717, 1.165) is 17.7 Å². The molecule has 0 unspecified atom stereocenters. The third kappa shape index (κ3) is 1.44. The van der Waals surface area contributed by atoms with E-state index in [9.17, 15) is 4.79 Å². The van der Waals surface area contributed by atoms with Gasteiger partial charge >= 0.3 is 0 Å². The highest BCUT2D eigenvalue weighted by molar-refractivity contribution is 5.96. The average Bonchev–Trinajstić information content (AvgIpc) is 2.96. The van der Waals surface area contributed by atoms with Crippen LogP contribution in [0.2, 0.25) is 0 Å². The Morgan fingerprint density at radius 1 is 1.35 bits per heavy atom. The Hall–Kier alpha value is -2.43. The second-order valence-electron chi connectivity index (χ2n) is 3.74. The maximum atomic E-state index is 10.9. The Labute approximate surface area is 96.7 Å². The molecule has 0 saturated carbocycles. The van der Waals surface area contributed by atoms with E-state index in [1.165, 1.54) is 6.39 Å². The van der Waals surface area contributed by atoms with Crippen molar-refractivity contribution in [1.82, 2.24) is 14.5 Å². The first kappa shape index (κ1) is 9.77. The number of imidazole rings is 1. The lowest BCUT2D eigenvalue weighted by molar-refractivity contribution is 0.112. The number of benzene rings is 1. The largest absolute Gasteiger partial charge is 0.441 e. The van der Waals surface area contributed by atoms with Crippen molar-refractivity contribution in [3.8, 4) is 5.69 Å². The quantitative estimate of drug-likeness (QED) is 0.629. The van der Waals surface area contributed by atoms with Gasteiger partial charge in [0.1, 0.15) is 5.52 Å². The van der Waals surface area contributed by atoms with Crippen LogP contribution in [-0.4, -0.2) is 20.8 Å². The highest BCUT2D eigenvalue weighted by Crippen LogP contribution is 2.24. The molecule has 1 aromatic carbocycles. The Bertz CT molecular complexity index is 697. The van der Waals surface area contributed by atoms with Crippen molar-refractivity contribution in [3.63, 3.8) is 0 Å². The van der Waals surface area contributed by atoms with Crippen molar-refractivity contribution in [1.29, 1.82) is 0 Å². The summed E-state index contributed by atoms with van der Waals surface area (Å²) in [5, 5.41) is 0. The maximum Gasteiger partial charge on any atom is 0.182 e. The lowest BCUT2D eigenvalue weighted by Gasteiger charge is -2.02. The fourth-order valence-corrected chi connectivity index (χ4v) is 1.81. The maximum absolute atomic E-state index is 10.9. The highest BCUT2D eigenvalue weighted by atomic mass is 16.3. The highest BCUT2D eigenvalue weighted by Gasteiger charge is 2.11. The Morgan fingerprint density at radius 2 is 2.24 bits per heavy atom. The van der Waals surface area contributed by atoms with Gasteiger partial charge in [0.2, 0.25) is 0 Å². The van der Waals surface area contributed by atoms with Gasteiger partial charge in [0.05, 0.1) is 17.7 Å². The fourth-order valence-electron chi connectivity index (χ4n) is 1.81. The van der Waals surface area contributed by atoms with Crippen molar-refractivity contribution in [2.45, 2.75) is 6.92 Å². The monoisotopic (exact) mass is 227 g/mol. The van der Waals surface area contributed by atoms with Gasteiger partial charge in [-0.25, -0.2) is 9.97 Å². The van der Waals surface area contributed by atoms with E-state index in [0.29, 0.717) is 16.7 Å². The van der Waals surface area contributed by atoms with Crippen molar-refractivity contribution in [2.75, 3.05) is 0 Å². The molecule has 2 heterocycles. The minimum absolute atomic E-state index is 0.523. The zero-order valence-corrected chi connectivity index (χ0v) is 9.12. The third-order valence-corrected chi connectivity index (χ3v) is 2.61. The number of oxazole rings is 1. The number of hydrogen-bond acceptors (Lipinski definition) is 4. The van der Waals surface area contributed by atoms with Crippen LogP contribution in [0.15, 0.2) is 35.5 Å². The minimum atomic E-state index is 0.523. The standard InChI is InChI=1S/C12H9N3O2/c1-8-4-15(6-13-8)10-3-2-9(5-16)11-12(10)17-7-14-11/h2-7H,1H3. The number of nitrogens with zero attached hydrogens (tertiary/aromatic N) is 3. The van der Waals surface area contributed by atoms with Gasteiger partial charge in [-0.05, 0) is 19.1 Å². The van der Waals surface area contributed by atoms with Crippen LogP contribution in [0.1, 0.15) is 16.1 Å². The van der Waals surface area contributed by atoms with E-state index < -0.39 is 0 Å². The number of fused-ring (bicyclic) bond motifs is 1. The van der Waals surface area contributed by atoms with Crippen LogP contribution in [0, 0.1) is 6.92 Å². The van der Waals surface area contributed by atoms with Gasteiger partial charge < -0.3 is 8.98 Å². The molecule has 0 bridgehead atoms. The first-order valence-electron chi connectivity index (χ1n) is 5.12. The van der Waals surface area contributed by atoms with E-state index >= 15 is 0 Å². The number of carbonyl (C=O) groups excluding carboxylic acids is 1. The van der Waals surface area contributed by atoms with Crippen LogP contribution in [0.3, 0.4) is 0 Å². The molecule has 0 aliphatic rings. The predicted molar refractivity (Wildman–Crippen MR) is 61.3 cm³/mol. The van der Waals surface area contributed by atoms with Crippen LogP contribution in [0.4, 0.5) is 0 Å². The summed E-state index contributed by atoms with van der Waals surface area (Å²) in [7, 11) is 0. The van der Waals surface area contributed by atoms with Crippen molar-refractivity contribution >= 4 is 17.4 Å². The summed E-state index contributed by atoms with van der Waals surface area (Å²) in [6.07, 6.45) is 5.70. The molecule has 2 aromatic heterocycles. The van der Waals surface area contributed by atoms with Gasteiger partial charge in [-0.3, -0.25) is 4.79 Å². The van der Waals surface area contributed by atoms with E-state index in [1.807, 2.05) is 23.8 Å². The fraction of sp³-hybridized carbons (Fsp3) is 0.0833. The van der Waals surface area contributed by atoms with Gasteiger partial charge in [-0.15, -0.1) is 0 Å². The summed E-state index contributed by atoms with van der Waals surface area (Å²) in [4.78, 5) is 19.1. The number of aromatic nitrogens is 3. The number of hydrogen-bond donors (Lipinski definition) is 0. The number of aldehydes is 1. The molecule has 0 aliphatic carbocycles. The van der Waals surface area contributed by atoms with Crippen molar-refractivity contribution in [2.24, 2.45) is 0 Å². The lowest BCUT2D eigenvalue weighted by atomic mass is 10.2. The van der Waals surface area contributed by atoms with Gasteiger partial charge in [0, 0.05) is 11.8 Å². The Morgan fingerprint density at radius 3 is 2.94 bits per heavy atom. The summed E-state index contributed by atoms with van der Waals surface area (Å²) in [6, 6.07) is 3.54. The van der Waals surface area contributed by atoms with E-state index in [2.05, 4.69) is 9.97 Å². The molecular weight excluding hydrogens is 218 g/mol. The summed E-state index contributed by atoms with van der Waals surface area (Å²) >= 11 is 0. The summed E-state index contributed by atoms with van der Waals surface area (Å²) in [6.45, 7) is 1.91. The molecule has 0 amide bonds. The summed E-state index contributed by atoms with van der Waals surface area (Å²) in [5.74, 6) is 0. The normalized spacial score (nSPS) is 10.9. The predicted octanol–water partition coefficient (Wildman–Crippen LogP) is 2.13. The topological polar surface area (TPSA) is 60.9 Å². The van der Waals surface area contributed by atoms with Crippen molar-refractivity contribution < 1.29 is 9.21 Å². The minimum Gasteiger partial charge on any atom is -0.441 e. The van der Waals surface area contributed by atoms with Crippen LogP contribution in [-0.2, 0) is 0 Å².